The fraction of sp³-hybridized carbons (Fsp3) is 0.333. The standard InChI is InChI=1S/C18H22N4O/c1-14-5-2-3-6-16(14)21-9-4-10-22(12-11-21)17-13-15(18(19)23)7-8-20-17/h2-3,5-8,13H,4,9-12H2,1H3,(H2,19,23). The summed E-state index contributed by atoms with van der Waals surface area (Å²) in [6.07, 6.45) is 2.70. The van der Waals surface area contributed by atoms with E-state index in [1.165, 1.54) is 11.3 Å². The predicted molar refractivity (Wildman–Crippen MR) is 93.0 cm³/mol. The summed E-state index contributed by atoms with van der Waals surface area (Å²) < 4.78 is 0. The number of nitrogens with two attached hydrogens (primary N) is 1. The molecule has 0 aliphatic carbocycles. The van der Waals surface area contributed by atoms with Gasteiger partial charge < -0.3 is 15.5 Å². The number of carbonyl (C=O) groups excluding carboxylic acids is 1. The molecule has 2 N–H and O–H groups in total. The molecule has 0 atom stereocenters. The number of aromatic nitrogens is 1. The summed E-state index contributed by atoms with van der Waals surface area (Å²) in [6, 6.07) is 11.9. The summed E-state index contributed by atoms with van der Waals surface area (Å²) in [5.74, 6) is 0.415. The lowest BCUT2D eigenvalue weighted by atomic mass is 10.2. The maximum absolute atomic E-state index is 11.3. The quantitative estimate of drug-likeness (QED) is 0.944. The number of hydrogen-bond donors (Lipinski definition) is 1. The van der Waals surface area contributed by atoms with E-state index in [-0.39, 0.29) is 0 Å². The summed E-state index contributed by atoms with van der Waals surface area (Å²) in [4.78, 5) is 20.4. The highest BCUT2D eigenvalue weighted by atomic mass is 16.1. The molecule has 3 rings (SSSR count). The van der Waals surface area contributed by atoms with Crippen molar-refractivity contribution in [3.63, 3.8) is 0 Å². The SMILES string of the molecule is Cc1ccccc1N1CCCN(c2cc(C(N)=O)ccn2)CC1. The smallest absolute Gasteiger partial charge is 0.248 e. The summed E-state index contributed by atoms with van der Waals surface area (Å²) in [5, 5.41) is 0. The molecule has 0 saturated carbocycles. The molecule has 2 aromatic rings. The van der Waals surface area contributed by atoms with Crippen molar-refractivity contribution >= 4 is 17.4 Å². The zero-order chi connectivity index (χ0) is 16.2. The van der Waals surface area contributed by atoms with Gasteiger partial charge in [-0.05, 0) is 37.1 Å². The van der Waals surface area contributed by atoms with Crippen LogP contribution in [0.2, 0.25) is 0 Å². The van der Waals surface area contributed by atoms with Gasteiger partial charge in [-0.2, -0.15) is 0 Å². The van der Waals surface area contributed by atoms with Crippen molar-refractivity contribution in [2.24, 2.45) is 5.73 Å². The molecular formula is C18H22N4O. The zero-order valence-corrected chi connectivity index (χ0v) is 13.4. The number of nitrogens with zero attached hydrogens (tertiary/aromatic N) is 3. The molecule has 0 bridgehead atoms. The Labute approximate surface area is 136 Å². The second-order valence-corrected chi connectivity index (χ2v) is 5.88. The first-order chi connectivity index (χ1) is 11.1. The number of rotatable bonds is 3. The van der Waals surface area contributed by atoms with Crippen LogP contribution in [-0.4, -0.2) is 37.1 Å². The van der Waals surface area contributed by atoms with Crippen molar-refractivity contribution in [1.82, 2.24) is 4.98 Å². The molecule has 23 heavy (non-hydrogen) atoms. The average Bonchev–Trinajstić information content (AvgIpc) is 2.81. The van der Waals surface area contributed by atoms with Gasteiger partial charge in [0.1, 0.15) is 5.82 Å². The normalized spacial score (nSPS) is 15.3. The highest BCUT2D eigenvalue weighted by molar-refractivity contribution is 5.93. The summed E-state index contributed by atoms with van der Waals surface area (Å²) in [5.41, 5.74) is 8.47. The Bertz CT molecular complexity index is 701. The Morgan fingerprint density at radius 3 is 2.61 bits per heavy atom. The second-order valence-electron chi connectivity index (χ2n) is 5.88. The molecule has 1 saturated heterocycles. The third-order valence-corrected chi connectivity index (χ3v) is 4.31. The topological polar surface area (TPSA) is 62.5 Å². The van der Waals surface area contributed by atoms with Crippen LogP contribution in [0.15, 0.2) is 42.6 Å². The summed E-state index contributed by atoms with van der Waals surface area (Å²) >= 11 is 0. The first-order valence-electron chi connectivity index (χ1n) is 7.96. The molecule has 1 aliphatic rings. The first-order valence-corrected chi connectivity index (χ1v) is 7.96. The van der Waals surface area contributed by atoms with Crippen LogP contribution in [0.25, 0.3) is 0 Å². The maximum Gasteiger partial charge on any atom is 0.248 e. The van der Waals surface area contributed by atoms with Crippen molar-refractivity contribution in [2.45, 2.75) is 13.3 Å². The Balaban J connectivity index is 1.75. The summed E-state index contributed by atoms with van der Waals surface area (Å²) in [7, 11) is 0. The maximum atomic E-state index is 11.3. The van der Waals surface area contributed by atoms with Gasteiger partial charge in [-0.15, -0.1) is 0 Å². The predicted octanol–water partition coefficient (Wildman–Crippen LogP) is 2.21. The molecule has 1 aromatic heterocycles. The van der Waals surface area contributed by atoms with E-state index in [9.17, 15) is 4.79 Å². The minimum absolute atomic E-state index is 0.412. The van der Waals surface area contributed by atoms with Gasteiger partial charge in [0, 0.05) is 43.6 Å². The van der Waals surface area contributed by atoms with Crippen LogP contribution in [0.1, 0.15) is 22.3 Å². The second kappa shape index (κ2) is 6.69. The monoisotopic (exact) mass is 310 g/mol. The van der Waals surface area contributed by atoms with Gasteiger partial charge in [0.2, 0.25) is 5.91 Å². The number of amides is 1. The molecule has 1 aromatic carbocycles. The molecule has 0 radical (unpaired) electrons. The number of hydrogen-bond acceptors (Lipinski definition) is 4. The largest absolute Gasteiger partial charge is 0.369 e. The minimum Gasteiger partial charge on any atom is -0.369 e. The lowest BCUT2D eigenvalue weighted by Crippen LogP contribution is -2.31. The van der Waals surface area contributed by atoms with Crippen molar-refractivity contribution in [3.8, 4) is 0 Å². The van der Waals surface area contributed by atoms with Gasteiger partial charge >= 0.3 is 0 Å². The van der Waals surface area contributed by atoms with Gasteiger partial charge in [0.25, 0.3) is 0 Å². The molecular weight excluding hydrogens is 288 g/mol. The van der Waals surface area contributed by atoms with Crippen molar-refractivity contribution in [3.05, 3.63) is 53.7 Å². The summed E-state index contributed by atoms with van der Waals surface area (Å²) in [6.45, 7) is 5.92. The molecule has 0 spiro atoms. The number of pyridine rings is 1. The number of primary amides is 1. The third-order valence-electron chi connectivity index (χ3n) is 4.31. The number of aryl methyl sites for hydroxylation is 1. The average molecular weight is 310 g/mol. The minimum atomic E-state index is -0.412. The van der Waals surface area contributed by atoms with Crippen LogP contribution in [0.4, 0.5) is 11.5 Å². The molecule has 1 fully saturated rings. The van der Waals surface area contributed by atoms with Gasteiger partial charge in [-0.25, -0.2) is 4.98 Å². The van der Waals surface area contributed by atoms with E-state index in [1.54, 1.807) is 18.3 Å². The fourth-order valence-corrected chi connectivity index (χ4v) is 3.05. The molecule has 1 aliphatic heterocycles. The van der Waals surface area contributed by atoms with Crippen LogP contribution >= 0.6 is 0 Å². The Kier molecular flexibility index (Phi) is 4.46. The van der Waals surface area contributed by atoms with E-state index in [1.807, 2.05) is 0 Å². The molecule has 0 unspecified atom stereocenters. The van der Waals surface area contributed by atoms with Crippen LogP contribution in [0.3, 0.4) is 0 Å². The molecule has 2 heterocycles. The van der Waals surface area contributed by atoms with Crippen molar-refractivity contribution in [2.75, 3.05) is 36.0 Å². The third kappa shape index (κ3) is 3.44. The Morgan fingerprint density at radius 1 is 1.09 bits per heavy atom. The van der Waals surface area contributed by atoms with Crippen molar-refractivity contribution in [1.29, 1.82) is 0 Å². The highest BCUT2D eigenvalue weighted by Gasteiger charge is 2.18. The fourth-order valence-electron chi connectivity index (χ4n) is 3.05. The highest BCUT2D eigenvalue weighted by Crippen LogP contribution is 2.22. The van der Waals surface area contributed by atoms with E-state index < -0.39 is 5.91 Å². The van der Waals surface area contributed by atoms with Crippen LogP contribution < -0.4 is 15.5 Å². The van der Waals surface area contributed by atoms with Gasteiger partial charge in [0.05, 0.1) is 0 Å². The van der Waals surface area contributed by atoms with Gasteiger partial charge in [-0.1, -0.05) is 18.2 Å². The molecule has 120 valence electrons. The number of benzene rings is 1. The molecule has 5 nitrogen and oxygen atoms in total. The van der Waals surface area contributed by atoms with E-state index in [0.717, 1.165) is 38.4 Å². The van der Waals surface area contributed by atoms with E-state index in [2.05, 4.69) is 46.0 Å². The molecule has 5 heteroatoms. The lowest BCUT2D eigenvalue weighted by Gasteiger charge is -2.25. The van der Waals surface area contributed by atoms with Crippen molar-refractivity contribution < 1.29 is 4.79 Å². The number of para-hydroxylation sites is 1. The number of carbonyl (C=O) groups is 1. The van der Waals surface area contributed by atoms with E-state index in [0.29, 0.717) is 5.56 Å². The molecule has 1 amide bonds. The zero-order valence-electron chi connectivity index (χ0n) is 13.4. The van der Waals surface area contributed by atoms with Crippen LogP contribution in [0.5, 0.6) is 0 Å². The van der Waals surface area contributed by atoms with Gasteiger partial charge in [0.15, 0.2) is 0 Å². The Hall–Kier alpha value is -2.56. The lowest BCUT2D eigenvalue weighted by molar-refractivity contribution is 0.1000. The van der Waals surface area contributed by atoms with E-state index in [4.69, 9.17) is 5.73 Å². The first kappa shape index (κ1) is 15.3. The number of anilines is 2. The van der Waals surface area contributed by atoms with Crippen LogP contribution in [0, 0.1) is 6.92 Å². The van der Waals surface area contributed by atoms with Crippen LogP contribution in [-0.2, 0) is 0 Å². The van der Waals surface area contributed by atoms with Gasteiger partial charge in [-0.3, -0.25) is 4.79 Å². The van der Waals surface area contributed by atoms with E-state index >= 15 is 0 Å². The Morgan fingerprint density at radius 2 is 1.83 bits per heavy atom.